The zero-order chi connectivity index (χ0) is 14.5. The van der Waals surface area contributed by atoms with E-state index in [-0.39, 0.29) is 21.5 Å². The predicted molar refractivity (Wildman–Crippen MR) is 72.4 cm³/mol. The third-order valence-electron chi connectivity index (χ3n) is 2.30. The molecule has 0 bridgehead atoms. The molecule has 0 heterocycles. The number of ether oxygens (including phenoxy) is 1. The van der Waals surface area contributed by atoms with E-state index in [4.69, 9.17) is 21.6 Å². The quantitative estimate of drug-likeness (QED) is 0.870. The number of hydrogen-bond acceptors (Lipinski definition) is 4. The molecule has 0 fully saturated rings. The second-order valence-electron chi connectivity index (χ2n) is 3.94. The van der Waals surface area contributed by atoms with Gasteiger partial charge < -0.3 is 4.74 Å². The van der Waals surface area contributed by atoms with Crippen LogP contribution in [0, 0.1) is 11.3 Å². The molecule has 0 spiro atoms. The monoisotopic (exact) mass is 302 g/mol. The van der Waals surface area contributed by atoms with Crippen LogP contribution >= 0.6 is 11.6 Å². The van der Waals surface area contributed by atoms with E-state index in [9.17, 15) is 8.42 Å². The zero-order valence-corrected chi connectivity index (χ0v) is 12.3. The molecule has 0 saturated heterocycles. The molecule has 0 amide bonds. The summed E-state index contributed by atoms with van der Waals surface area (Å²) in [6.07, 6.45) is 0. The van der Waals surface area contributed by atoms with Gasteiger partial charge in [0.05, 0.1) is 22.1 Å². The van der Waals surface area contributed by atoms with Crippen LogP contribution in [0.1, 0.15) is 19.4 Å². The first-order chi connectivity index (χ1) is 8.90. The van der Waals surface area contributed by atoms with Gasteiger partial charge in [0.25, 0.3) is 0 Å². The summed E-state index contributed by atoms with van der Waals surface area (Å²) in [4.78, 5) is 0.0276. The number of nitrogens with one attached hydrogen (secondary N) is 1. The van der Waals surface area contributed by atoms with Gasteiger partial charge in [-0.05, 0) is 32.0 Å². The summed E-state index contributed by atoms with van der Waals surface area (Å²) in [5, 5.41) is 8.85. The van der Waals surface area contributed by atoms with Crippen molar-refractivity contribution in [3.05, 3.63) is 28.8 Å². The summed E-state index contributed by atoms with van der Waals surface area (Å²) in [5.41, 5.74) is 0.239. The maximum Gasteiger partial charge on any atom is 0.240 e. The summed E-state index contributed by atoms with van der Waals surface area (Å²) >= 11 is 5.82. The standard InChI is InChI=1S/C12H15ClN2O3S/c1-3-18-8-9(2)15-19(16,17)11-5-4-10(7-14)12(13)6-11/h4-6,9,15H,3,8H2,1-2H3. The Kier molecular flexibility index (Phi) is 5.76. The van der Waals surface area contributed by atoms with Crippen LogP contribution in [-0.2, 0) is 14.8 Å². The van der Waals surface area contributed by atoms with Gasteiger partial charge in [0.2, 0.25) is 10.0 Å². The van der Waals surface area contributed by atoms with Gasteiger partial charge in [-0.2, -0.15) is 5.26 Å². The number of benzene rings is 1. The molecule has 0 aliphatic heterocycles. The van der Waals surface area contributed by atoms with E-state index in [1.807, 2.05) is 13.0 Å². The molecule has 19 heavy (non-hydrogen) atoms. The zero-order valence-electron chi connectivity index (χ0n) is 10.7. The Balaban J connectivity index is 2.89. The molecule has 1 unspecified atom stereocenters. The highest BCUT2D eigenvalue weighted by Crippen LogP contribution is 2.20. The molecule has 0 aliphatic rings. The van der Waals surface area contributed by atoms with Gasteiger partial charge in [-0.3, -0.25) is 0 Å². The third-order valence-corrected chi connectivity index (χ3v) is 4.20. The summed E-state index contributed by atoms with van der Waals surface area (Å²) in [5.74, 6) is 0. The maximum absolute atomic E-state index is 12.0. The van der Waals surface area contributed by atoms with Crippen molar-refractivity contribution < 1.29 is 13.2 Å². The topological polar surface area (TPSA) is 79.2 Å². The minimum absolute atomic E-state index is 0.0276. The van der Waals surface area contributed by atoms with E-state index in [1.54, 1.807) is 6.92 Å². The second-order valence-corrected chi connectivity index (χ2v) is 6.06. The van der Waals surface area contributed by atoms with Crippen LogP contribution in [0.3, 0.4) is 0 Å². The van der Waals surface area contributed by atoms with Gasteiger partial charge in [-0.15, -0.1) is 0 Å². The summed E-state index contributed by atoms with van der Waals surface area (Å²) < 4.78 is 31.7. The number of rotatable bonds is 6. The molecule has 104 valence electrons. The van der Waals surface area contributed by atoms with Gasteiger partial charge in [0.1, 0.15) is 6.07 Å². The molecule has 1 N–H and O–H groups in total. The van der Waals surface area contributed by atoms with Crippen molar-refractivity contribution in [2.24, 2.45) is 0 Å². The average Bonchev–Trinajstić information content (AvgIpc) is 2.35. The van der Waals surface area contributed by atoms with Crippen LogP contribution in [0.15, 0.2) is 23.1 Å². The van der Waals surface area contributed by atoms with Crippen LogP contribution in [0.25, 0.3) is 0 Å². The summed E-state index contributed by atoms with van der Waals surface area (Å²) in [6.45, 7) is 4.36. The van der Waals surface area contributed by atoms with E-state index >= 15 is 0 Å². The minimum atomic E-state index is -3.66. The highest BCUT2D eigenvalue weighted by molar-refractivity contribution is 7.89. The molecule has 1 rings (SSSR count). The van der Waals surface area contributed by atoms with Gasteiger partial charge in [0.15, 0.2) is 0 Å². The van der Waals surface area contributed by atoms with Crippen LogP contribution < -0.4 is 4.72 Å². The number of sulfonamides is 1. The van der Waals surface area contributed by atoms with Crippen molar-refractivity contribution in [3.8, 4) is 6.07 Å². The van der Waals surface area contributed by atoms with E-state index in [0.29, 0.717) is 13.2 Å². The lowest BCUT2D eigenvalue weighted by Crippen LogP contribution is -2.35. The molecule has 0 radical (unpaired) electrons. The van der Waals surface area contributed by atoms with Crippen LogP contribution in [0.5, 0.6) is 0 Å². The highest BCUT2D eigenvalue weighted by Gasteiger charge is 2.18. The largest absolute Gasteiger partial charge is 0.380 e. The lowest BCUT2D eigenvalue weighted by molar-refractivity contribution is 0.133. The second kappa shape index (κ2) is 6.87. The number of halogens is 1. The normalized spacial score (nSPS) is 12.9. The fourth-order valence-electron chi connectivity index (χ4n) is 1.42. The van der Waals surface area contributed by atoms with Gasteiger partial charge in [-0.1, -0.05) is 11.6 Å². The van der Waals surface area contributed by atoms with Crippen LogP contribution in [0.4, 0.5) is 0 Å². The Labute approximate surface area is 118 Å². The summed E-state index contributed by atoms with van der Waals surface area (Å²) in [7, 11) is -3.66. The average molecular weight is 303 g/mol. The van der Waals surface area contributed by atoms with Crippen molar-refractivity contribution in [1.29, 1.82) is 5.26 Å². The molecule has 0 aliphatic carbocycles. The smallest absolute Gasteiger partial charge is 0.240 e. The van der Waals surface area contributed by atoms with E-state index in [0.717, 1.165) is 0 Å². The lowest BCUT2D eigenvalue weighted by atomic mass is 10.2. The first-order valence-corrected chi connectivity index (χ1v) is 7.56. The van der Waals surface area contributed by atoms with Crippen molar-refractivity contribution in [3.63, 3.8) is 0 Å². The first kappa shape index (κ1) is 15.9. The van der Waals surface area contributed by atoms with Gasteiger partial charge in [-0.25, -0.2) is 13.1 Å². The maximum atomic E-state index is 12.0. The van der Waals surface area contributed by atoms with E-state index in [1.165, 1.54) is 18.2 Å². The molecule has 5 nitrogen and oxygen atoms in total. The third kappa shape index (κ3) is 4.48. The Morgan fingerprint density at radius 2 is 2.21 bits per heavy atom. The van der Waals surface area contributed by atoms with Gasteiger partial charge >= 0.3 is 0 Å². The number of nitrogens with zero attached hydrogens (tertiary/aromatic N) is 1. The lowest BCUT2D eigenvalue weighted by Gasteiger charge is -2.14. The highest BCUT2D eigenvalue weighted by atomic mass is 35.5. The van der Waals surface area contributed by atoms with Crippen molar-refractivity contribution in [2.75, 3.05) is 13.2 Å². The Morgan fingerprint density at radius 3 is 2.74 bits per heavy atom. The molecule has 1 aromatic rings. The SMILES string of the molecule is CCOCC(C)NS(=O)(=O)c1ccc(C#N)c(Cl)c1. The fraction of sp³-hybridized carbons (Fsp3) is 0.417. The van der Waals surface area contributed by atoms with E-state index in [2.05, 4.69) is 4.72 Å². The van der Waals surface area contributed by atoms with Crippen molar-refractivity contribution >= 4 is 21.6 Å². The van der Waals surface area contributed by atoms with Crippen LogP contribution in [0.2, 0.25) is 5.02 Å². The molecule has 1 aromatic carbocycles. The van der Waals surface area contributed by atoms with Crippen molar-refractivity contribution in [1.82, 2.24) is 4.72 Å². The van der Waals surface area contributed by atoms with Crippen molar-refractivity contribution in [2.45, 2.75) is 24.8 Å². The molecule has 7 heteroatoms. The predicted octanol–water partition coefficient (Wildman–Crippen LogP) is 1.91. The molecule has 0 saturated carbocycles. The number of nitriles is 1. The first-order valence-electron chi connectivity index (χ1n) is 5.70. The Bertz CT molecular complexity index is 581. The number of hydrogen-bond donors (Lipinski definition) is 1. The molecule has 1 atom stereocenters. The molecular formula is C12H15ClN2O3S. The fourth-order valence-corrected chi connectivity index (χ4v) is 2.96. The van der Waals surface area contributed by atoms with Gasteiger partial charge in [0, 0.05) is 12.6 Å². The Morgan fingerprint density at radius 1 is 1.53 bits per heavy atom. The summed E-state index contributed by atoms with van der Waals surface area (Å²) in [6, 6.07) is 5.51. The molecular weight excluding hydrogens is 288 g/mol. The van der Waals surface area contributed by atoms with Crippen LogP contribution in [-0.4, -0.2) is 27.7 Å². The molecule has 0 aromatic heterocycles. The minimum Gasteiger partial charge on any atom is -0.380 e. The Hall–Kier alpha value is -1.13. The van der Waals surface area contributed by atoms with E-state index < -0.39 is 10.0 Å².